The molecule has 0 unspecified atom stereocenters. The zero-order chi connectivity index (χ0) is 11.6. The van der Waals surface area contributed by atoms with Crippen LogP contribution < -0.4 is 5.73 Å². The van der Waals surface area contributed by atoms with Crippen LogP contribution in [0.25, 0.3) is 0 Å². The first-order valence-electron chi connectivity index (χ1n) is 4.56. The SMILES string of the molecule is COC(=O)c1cc(N)cn1CC(C)(C)F. The van der Waals surface area contributed by atoms with Crippen molar-refractivity contribution in [2.24, 2.45) is 0 Å². The minimum Gasteiger partial charge on any atom is -0.464 e. The van der Waals surface area contributed by atoms with Crippen LogP contribution in [0.3, 0.4) is 0 Å². The Morgan fingerprint density at radius 1 is 1.67 bits per heavy atom. The van der Waals surface area contributed by atoms with E-state index in [9.17, 15) is 9.18 Å². The van der Waals surface area contributed by atoms with Crippen molar-refractivity contribution >= 4 is 11.7 Å². The monoisotopic (exact) mass is 214 g/mol. The Morgan fingerprint density at radius 3 is 2.73 bits per heavy atom. The van der Waals surface area contributed by atoms with Gasteiger partial charge in [-0.1, -0.05) is 0 Å². The molecule has 15 heavy (non-hydrogen) atoms. The third kappa shape index (κ3) is 2.97. The van der Waals surface area contributed by atoms with Crippen LogP contribution in [0.4, 0.5) is 10.1 Å². The van der Waals surface area contributed by atoms with Gasteiger partial charge in [0, 0.05) is 6.20 Å². The van der Waals surface area contributed by atoms with Crippen molar-refractivity contribution in [1.29, 1.82) is 0 Å². The van der Waals surface area contributed by atoms with Gasteiger partial charge in [-0.15, -0.1) is 0 Å². The molecule has 0 aromatic carbocycles. The fourth-order valence-electron chi connectivity index (χ4n) is 1.34. The zero-order valence-electron chi connectivity index (χ0n) is 9.08. The first kappa shape index (κ1) is 11.6. The molecule has 0 saturated carbocycles. The second kappa shape index (κ2) is 3.92. The van der Waals surface area contributed by atoms with Crippen LogP contribution in [0.15, 0.2) is 12.3 Å². The summed E-state index contributed by atoms with van der Waals surface area (Å²) in [5.74, 6) is -0.518. The van der Waals surface area contributed by atoms with Crippen molar-refractivity contribution in [2.75, 3.05) is 12.8 Å². The molecule has 1 heterocycles. The Kier molecular flexibility index (Phi) is 3.02. The topological polar surface area (TPSA) is 57.2 Å². The highest BCUT2D eigenvalue weighted by molar-refractivity contribution is 5.88. The van der Waals surface area contributed by atoms with E-state index in [0.29, 0.717) is 5.69 Å². The van der Waals surface area contributed by atoms with Crippen LogP contribution >= 0.6 is 0 Å². The average Bonchev–Trinajstić information content (AvgIpc) is 2.42. The van der Waals surface area contributed by atoms with Crippen molar-refractivity contribution in [3.05, 3.63) is 18.0 Å². The number of hydrogen-bond donors (Lipinski definition) is 1. The average molecular weight is 214 g/mol. The molecule has 1 rings (SSSR count). The molecular formula is C10H15FN2O2. The highest BCUT2D eigenvalue weighted by Crippen LogP contribution is 2.18. The Bertz CT molecular complexity index is 366. The normalized spacial score (nSPS) is 11.5. The van der Waals surface area contributed by atoms with Crippen LogP contribution in [0, 0.1) is 0 Å². The molecule has 0 fully saturated rings. The number of rotatable bonds is 3. The highest BCUT2D eigenvalue weighted by atomic mass is 19.1. The van der Waals surface area contributed by atoms with Crippen LogP contribution in [0.2, 0.25) is 0 Å². The predicted octanol–water partition coefficient (Wildman–Crippen LogP) is 1.61. The summed E-state index contributed by atoms with van der Waals surface area (Å²) in [5.41, 5.74) is 4.81. The molecule has 1 aromatic rings. The van der Waals surface area contributed by atoms with Crippen molar-refractivity contribution in [3.8, 4) is 0 Å². The van der Waals surface area contributed by atoms with Crippen molar-refractivity contribution in [2.45, 2.75) is 26.1 Å². The molecular weight excluding hydrogens is 199 g/mol. The second-order valence-electron chi connectivity index (χ2n) is 4.00. The van der Waals surface area contributed by atoms with Gasteiger partial charge in [0.15, 0.2) is 0 Å². The third-order valence-electron chi connectivity index (χ3n) is 1.86. The first-order chi connectivity index (χ1) is 6.83. The number of anilines is 1. The summed E-state index contributed by atoms with van der Waals surface area (Å²) >= 11 is 0. The van der Waals surface area contributed by atoms with Gasteiger partial charge in [0.2, 0.25) is 0 Å². The van der Waals surface area contributed by atoms with Gasteiger partial charge < -0.3 is 15.0 Å². The maximum atomic E-state index is 13.4. The Labute approximate surface area is 87.8 Å². The number of esters is 1. The van der Waals surface area contributed by atoms with Crippen molar-refractivity contribution in [1.82, 2.24) is 4.57 Å². The first-order valence-corrected chi connectivity index (χ1v) is 4.56. The van der Waals surface area contributed by atoms with Gasteiger partial charge in [-0.25, -0.2) is 9.18 Å². The predicted molar refractivity (Wildman–Crippen MR) is 55.4 cm³/mol. The van der Waals surface area contributed by atoms with Gasteiger partial charge in [0.25, 0.3) is 0 Å². The summed E-state index contributed by atoms with van der Waals surface area (Å²) in [4.78, 5) is 11.3. The molecule has 0 atom stereocenters. The van der Waals surface area contributed by atoms with E-state index >= 15 is 0 Å². The van der Waals surface area contributed by atoms with Crippen LogP contribution in [0.1, 0.15) is 24.3 Å². The summed E-state index contributed by atoms with van der Waals surface area (Å²) < 4.78 is 19.4. The van der Waals surface area contributed by atoms with E-state index in [1.165, 1.54) is 37.8 Å². The van der Waals surface area contributed by atoms with E-state index in [1.54, 1.807) is 0 Å². The Morgan fingerprint density at radius 2 is 2.27 bits per heavy atom. The summed E-state index contributed by atoms with van der Waals surface area (Å²) in [6.07, 6.45) is 1.52. The zero-order valence-corrected chi connectivity index (χ0v) is 9.08. The maximum absolute atomic E-state index is 13.4. The number of alkyl halides is 1. The Hall–Kier alpha value is -1.52. The number of hydrogen-bond acceptors (Lipinski definition) is 3. The van der Waals surface area contributed by atoms with E-state index in [0.717, 1.165) is 0 Å². The number of nitrogens with zero attached hydrogens (tertiary/aromatic N) is 1. The fraction of sp³-hybridized carbons (Fsp3) is 0.500. The third-order valence-corrected chi connectivity index (χ3v) is 1.86. The van der Waals surface area contributed by atoms with Gasteiger partial charge in [-0.2, -0.15) is 0 Å². The number of carbonyl (C=O) groups is 1. The molecule has 1 aromatic heterocycles. The number of aromatic nitrogens is 1. The molecule has 0 saturated heterocycles. The standard InChI is InChI=1S/C10H15FN2O2/c1-10(2,11)6-13-5-7(12)4-8(13)9(14)15-3/h4-5H,6,12H2,1-3H3. The number of methoxy groups -OCH3 is 1. The van der Waals surface area contributed by atoms with Gasteiger partial charge in [0.1, 0.15) is 11.4 Å². The molecule has 0 bridgehead atoms. The maximum Gasteiger partial charge on any atom is 0.354 e. The van der Waals surface area contributed by atoms with Gasteiger partial charge in [0.05, 0.1) is 19.3 Å². The molecule has 4 nitrogen and oxygen atoms in total. The van der Waals surface area contributed by atoms with Crippen LogP contribution in [-0.4, -0.2) is 23.3 Å². The van der Waals surface area contributed by atoms with Crippen LogP contribution in [0.5, 0.6) is 0 Å². The van der Waals surface area contributed by atoms with E-state index in [-0.39, 0.29) is 12.2 Å². The van der Waals surface area contributed by atoms with Gasteiger partial charge in [-0.3, -0.25) is 0 Å². The smallest absolute Gasteiger partial charge is 0.354 e. The van der Waals surface area contributed by atoms with E-state index in [1.807, 2.05) is 0 Å². The number of carbonyl (C=O) groups excluding carboxylic acids is 1. The molecule has 5 heteroatoms. The molecule has 0 aliphatic heterocycles. The summed E-state index contributed by atoms with van der Waals surface area (Å²) in [6.45, 7) is 2.93. The minimum absolute atomic E-state index is 0.0641. The largest absolute Gasteiger partial charge is 0.464 e. The number of halogens is 1. The van der Waals surface area contributed by atoms with Gasteiger partial charge >= 0.3 is 5.97 Å². The quantitative estimate of drug-likeness (QED) is 0.777. The molecule has 0 aliphatic rings. The molecule has 0 amide bonds. The van der Waals surface area contributed by atoms with Crippen molar-refractivity contribution in [3.63, 3.8) is 0 Å². The molecule has 0 aliphatic carbocycles. The van der Waals surface area contributed by atoms with Gasteiger partial charge in [-0.05, 0) is 19.9 Å². The molecule has 0 radical (unpaired) electrons. The van der Waals surface area contributed by atoms with Crippen molar-refractivity contribution < 1.29 is 13.9 Å². The molecule has 2 N–H and O–H groups in total. The lowest BCUT2D eigenvalue weighted by Gasteiger charge is -2.16. The lowest BCUT2D eigenvalue weighted by molar-refractivity contribution is 0.0584. The minimum atomic E-state index is -1.41. The Balaban J connectivity index is 3.01. The number of nitrogens with two attached hydrogens (primary N) is 1. The lowest BCUT2D eigenvalue weighted by Crippen LogP contribution is -2.23. The fourth-order valence-corrected chi connectivity index (χ4v) is 1.34. The van der Waals surface area contributed by atoms with E-state index in [2.05, 4.69) is 4.74 Å². The highest BCUT2D eigenvalue weighted by Gasteiger charge is 2.21. The van der Waals surface area contributed by atoms with Crippen LogP contribution in [-0.2, 0) is 11.3 Å². The summed E-state index contributed by atoms with van der Waals surface area (Å²) in [7, 11) is 1.27. The van der Waals surface area contributed by atoms with E-state index < -0.39 is 11.6 Å². The molecule has 0 spiro atoms. The van der Waals surface area contributed by atoms with E-state index in [4.69, 9.17) is 5.73 Å². The summed E-state index contributed by atoms with van der Waals surface area (Å²) in [5, 5.41) is 0. The molecule has 84 valence electrons. The second-order valence-corrected chi connectivity index (χ2v) is 4.00. The summed E-state index contributed by atoms with van der Waals surface area (Å²) in [6, 6.07) is 1.47. The number of nitrogen functional groups attached to an aromatic ring is 1. The lowest BCUT2D eigenvalue weighted by atomic mass is 10.2. The number of ether oxygens (including phenoxy) is 1.